The molecule has 1 saturated heterocycles. The van der Waals surface area contributed by atoms with Crippen LogP contribution in [-0.2, 0) is 4.79 Å². The number of primary amides is 1. The molecule has 1 aliphatic heterocycles. The number of unbranched alkanes of at least 4 members (excludes halogenated alkanes) is 1. The standard InChI is InChI=1S/C18H26N2O4/c1-3-4-11-24-15-9-8-13(12-16(15)23-2)18(22)20-10-6-5-7-14(20)17(19)21/h8-9,12,14H,3-7,10-11H2,1-2H3,(H2,19,21). The SMILES string of the molecule is CCCCOc1ccc(C(=O)N2CCCCC2C(N)=O)cc1OC. The first-order chi connectivity index (χ1) is 11.6. The molecule has 2 rings (SSSR count). The minimum Gasteiger partial charge on any atom is -0.493 e. The molecule has 2 amide bonds. The van der Waals surface area contributed by atoms with Crippen LogP contribution in [0.3, 0.4) is 0 Å². The molecule has 0 radical (unpaired) electrons. The zero-order valence-corrected chi connectivity index (χ0v) is 14.4. The molecule has 1 unspecified atom stereocenters. The van der Waals surface area contributed by atoms with Crippen LogP contribution < -0.4 is 15.2 Å². The lowest BCUT2D eigenvalue weighted by Gasteiger charge is -2.33. The molecule has 1 aliphatic rings. The molecule has 132 valence electrons. The monoisotopic (exact) mass is 334 g/mol. The van der Waals surface area contributed by atoms with Gasteiger partial charge in [0, 0.05) is 12.1 Å². The highest BCUT2D eigenvalue weighted by Gasteiger charge is 2.31. The van der Waals surface area contributed by atoms with Crippen LogP contribution in [0.4, 0.5) is 0 Å². The summed E-state index contributed by atoms with van der Waals surface area (Å²) in [6.45, 7) is 3.25. The fourth-order valence-electron chi connectivity index (χ4n) is 2.88. The van der Waals surface area contributed by atoms with Crippen molar-refractivity contribution < 1.29 is 19.1 Å². The Bertz CT molecular complexity index is 588. The predicted octanol–water partition coefficient (Wildman–Crippen LogP) is 2.35. The van der Waals surface area contributed by atoms with E-state index in [-0.39, 0.29) is 5.91 Å². The van der Waals surface area contributed by atoms with Gasteiger partial charge in [0.25, 0.3) is 5.91 Å². The van der Waals surface area contributed by atoms with E-state index in [4.69, 9.17) is 15.2 Å². The number of nitrogens with zero attached hydrogens (tertiary/aromatic N) is 1. The van der Waals surface area contributed by atoms with Crippen LogP contribution >= 0.6 is 0 Å². The van der Waals surface area contributed by atoms with Gasteiger partial charge in [-0.2, -0.15) is 0 Å². The number of methoxy groups -OCH3 is 1. The number of hydrogen-bond acceptors (Lipinski definition) is 4. The van der Waals surface area contributed by atoms with E-state index in [0.717, 1.165) is 25.7 Å². The number of benzene rings is 1. The number of carbonyl (C=O) groups is 2. The van der Waals surface area contributed by atoms with Crippen molar-refractivity contribution in [3.63, 3.8) is 0 Å². The molecule has 0 aromatic heterocycles. The minimum absolute atomic E-state index is 0.197. The van der Waals surface area contributed by atoms with Crippen LogP contribution in [0.1, 0.15) is 49.4 Å². The molecule has 1 atom stereocenters. The normalized spacial score (nSPS) is 17.4. The maximum absolute atomic E-state index is 12.8. The van der Waals surface area contributed by atoms with Crippen LogP contribution in [0.5, 0.6) is 11.5 Å². The maximum Gasteiger partial charge on any atom is 0.254 e. The number of hydrogen-bond donors (Lipinski definition) is 1. The van der Waals surface area contributed by atoms with Gasteiger partial charge in [0.2, 0.25) is 5.91 Å². The average Bonchev–Trinajstić information content (AvgIpc) is 2.61. The molecular formula is C18H26N2O4. The Kier molecular flexibility index (Phi) is 6.46. The molecule has 0 spiro atoms. The quantitative estimate of drug-likeness (QED) is 0.776. The molecule has 0 saturated carbocycles. The molecule has 24 heavy (non-hydrogen) atoms. The van der Waals surface area contributed by atoms with Crippen molar-refractivity contribution in [3.8, 4) is 11.5 Å². The highest BCUT2D eigenvalue weighted by Crippen LogP contribution is 2.29. The average molecular weight is 334 g/mol. The molecule has 0 bridgehead atoms. The molecule has 6 heteroatoms. The highest BCUT2D eigenvalue weighted by atomic mass is 16.5. The Hall–Kier alpha value is -2.24. The maximum atomic E-state index is 12.8. The summed E-state index contributed by atoms with van der Waals surface area (Å²) in [6, 6.07) is 4.58. The van der Waals surface area contributed by atoms with E-state index in [1.165, 1.54) is 0 Å². The largest absolute Gasteiger partial charge is 0.493 e. The summed E-state index contributed by atoms with van der Waals surface area (Å²) in [7, 11) is 1.55. The molecule has 1 heterocycles. The summed E-state index contributed by atoms with van der Waals surface area (Å²) in [5.41, 5.74) is 5.92. The minimum atomic E-state index is -0.530. The summed E-state index contributed by atoms with van der Waals surface area (Å²) in [6.07, 6.45) is 4.41. The first-order valence-electron chi connectivity index (χ1n) is 8.49. The fourth-order valence-corrected chi connectivity index (χ4v) is 2.88. The van der Waals surface area contributed by atoms with E-state index in [9.17, 15) is 9.59 Å². The van der Waals surface area contributed by atoms with Crippen molar-refractivity contribution in [3.05, 3.63) is 23.8 Å². The lowest BCUT2D eigenvalue weighted by molar-refractivity contribution is -0.123. The van der Waals surface area contributed by atoms with Gasteiger partial charge in [0.15, 0.2) is 11.5 Å². The fraction of sp³-hybridized carbons (Fsp3) is 0.556. The van der Waals surface area contributed by atoms with Gasteiger partial charge in [0.05, 0.1) is 13.7 Å². The number of likely N-dealkylation sites (tertiary alicyclic amines) is 1. The Morgan fingerprint density at radius 1 is 1.29 bits per heavy atom. The van der Waals surface area contributed by atoms with Gasteiger partial charge in [-0.1, -0.05) is 13.3 Å². The zero-order chi connectivity index (χ0) is 17.5. The second-order valence-electron chi connectivity index (χ2n) is 5.98. The number of piperidine rings is 1. The van der Waals surface area contributed by atoms with E-state index < -0.39 is 11.9 Å². The van der Waals surface area contributed by atoms with Crippen molar-refractivity contribution in [2.45, 2.75) is 45.1 Å². The van der Waals surface area contributed by atoms with Crippen LogP contribution in [-0.4, -0.2) is 43.0 Å². The Labute approximate surface area is 142 Å². The number of amides is 2. The van der Waals surface area contributed by atoms with Crippen LogP contribution in [0.15, 0.2) is 18.2 Å². The van der Waals surface area contributed by atoms with Crippen molar-refractivity contribution in [1.29, 1.82) is 0 Å². The zero-order valence-electron chi connectivity index (χ0n) is 14.4. The highest BCUT2D eigenvalue weighted by molar-refractivity contribution is 5.98. The van der Waals surface area contributed by atoms with Gasteiger partial charge in [-0.3, -0.25) is 9.59 Å². The van der Waals surface area contributed by atoms with E-state index >= 15 is 0 Å². The third-order valence-corrected chi connectivity index (χ3v) is 4.26. The smallest absolute Gasteiger partial charge is 0.254 e. The van der Waals surface area contributed by atoms with Crippen molar-refractivity contribution >= 4 is 11.8 Å². The van der Waals surface area contributed by atoms with E-state index in [2.05, 4.69) is 6.92 Å². The van der Waals surface area contributed by atoms with E-state index in [0.29, 0.717) is 36.6 Å². The molecule has 6 nitrogen and oxygen atoms in total. The van der Waals surface area contributed by atoms with Gasteiger partial charge < -0.3 is 20.1 Å². The lowest BCUT2D eigenvalue weighted by atomic mass is 10.00. The van der Waals surface area contributed by atoms with Gasteiger partial charge in [-0.25, -0.2) is 0 Å². The van der Waals surface area contributed by atoms with Crippen molar-refractivity contribution in [1.82, 2.24) is 4.90 Å². The Morgan fingerprint density at radius 2 is 2.08 bits per heavy atom. The van der Waals surface area contributed by atoms with Gasteiger partial charge in [-0.15, -0.1) is 0 Å². The molecule has 1 aromatic carbocycles. The topological polar surface area (TPSA) is 81.9 Å². The second-order valence-corrected chi connectivity index (χ2v) is 5.98. The second kappa shape index (κ2) is 8.57. The summed E-state index contributed by atoms with van der Waals surface area (Å²) in [5.74, 6) is 0.489. The lowest BCUT2D eigenvalue weighted by Crippen LogP contribution is -2.50. The first-order valence-corrected chi connectivity index (χ1v) is 8.49. The van der Waals surface area contributed by atoms with Crippen LogP contribution in [0.25, 0.3) is 0 Å². The van der Waals surface area contributed by atoms with Gasteiger partial charge in [0.1, 0.15) is 6.04 Å². The molecule has 0 aliphatic carbocycles. The third kappa shape index (κ3) is 4.19. The molecule has 2 N–H and O–H groups in total. The van der Waals surface area contributed by atoms with Crippen molar-refractivity contribution in [2.24, 2.45) is 5.73 Å². The summed E-state index contributed by atoms with van der Waals surface area (Å²) >= 11 is 0. The Morgan fingerprint density at radius 3 is 2.75 bits per heavy atom. The molecule has 1 fully saturated rings. The number of carbonyl (C=O) groups excluding carboxylic acids is 2. The number of ether oxygens (including phenoxy) is 2. The van der Waals surface area contributed by atoms with Crippen molar-refractivity contribution in [2.75, 3.05) is 20.3 Å². The summed E-state index contributed by atoms with van der Waals surface area (Å²) < 4.78 is 11.0. The third-order valence-electron chi connectivity index (χ3n) is 4.26. The summed E-state index contributed by atoms with van der Waals surface area (Å²) in [4.78, 5) is 26.0. The molecule has 1 aromatic rings. The van der Waals surface area contributed by atoms with Gasteiger partial charge in [-0.05, 0) is 43.9 Å². The number of nitrogens with two attached hydrogens (primary N) is 1. The number of rotatable bonds is 7. The molecular weight excluding hydrogens is 308 g/mol. The van der Waals surface area contributed by atoms with E-state index in [1.807, 2.05) is 0 Å². The van der Waals surface area contributed by atoms with Gasteiger partial charge >= 0.3 is 0 Å². The van der Waals surface area contributed by atoms with Crippen LogP contribution in [0.2, 0.25) is 0 Å². The van der Waals surface area contributed by atoms with Crippen LogP contribution in [0, 0.1) is 0 Å². The first kappa shape index (κ1) is 18.1. The predicted molar refractivity (Wildman–Crippen MR) is 91.3 cm³/mol. The Balaban J connectivity index is 2.18. The summed E-state index contributed by atoms with van der Waals surface area (Å²) in [5, 5.41) is 0. The van der Waals surface area contributed by atoms with E-state index in [1.54, 1.807) is 30.2 Å².